The summed E-state index contributed by atoms with van der Waals surface area (Å²) in [7, 11) is 2.20. The van der Waals surface area contributed by atoms with Crippen LogP contribution in [0.3, 0.4) is 0 Å². The molecule has 2 nitrogen and oxygen atoms in total. The van der Waals surface area contributed by atoms with E-state index in [0.29, 0.717) is 6.04 Å². The van der Waals surface area contributed by atoms with Crippen LogP contribution < -0.4 is 10.2 Å². The van der Waals surface area contributed by atoms with Crippen molar-refractivity contribution in [1.82, 2.24) is 5.32 Å². The maximum atomic E-state index is 3.66. The van der Waals surface area contributed by atoms with Gasteiger partial charge in [0.05, 0.1) is 0 Å². The van der Waals surface area contributed by atoms with Crippen molar-refractivity contribution in [3.63, 3.8) is 0 Å². The molecule has 2 heteroatoms. The SMILES string of the molecule is Cc1ccccc1N(C)CC1CCCCCN1. The van der Waals surface area contributed by atoms with Gasteiger partial charge in [-0.3, -0.25) is 0 Å². The smallest absolute Gasteiger partial charge is 0.0393 e. The Bertz CT molecular complexity index is 341. The van der Waals surface area contributed by atoms with Gasteiger partial charge >= 0.3 is 0 Å². The predicted octanol–water partition coefficient (Wildman–Crippen LogP) is 2.96. The normalized spacial score (nSPS) is 20.9. The number of benzene rings is 1. The fraction of sp³-hybridized carbons (Fsp3) is 0.600. The van der Waals surface area contributed by atoms with Gasteiger partial charge in [0.2, 0.25) is 0 Å². The maximum Gasteiger partial charge on any atom is 0.0393 e. The minimum atomic E-state index is 0.655. The third-order valence-corrected chi connectivity index (χ3v) is 3.68. The van der Waals surface area contributed by atoms with E-state index in [1.165, 1.54) is 43.5 Å². The van der Waals surface area contributed by atoms with Crippen LogP contribution in [0.4, 0.5) is 5.69 Å². The molecule has 1 atom stereocenters. The van der Waals surface area contributed by atoms with Gasteiger partial charge in [-0.1, -0.05) is 31.0 Å². The lowest BCUT2D eigenvalue weighted by molar-refractivity contribution is 0.509. The molecule has 0 radical (unpaired) electrons. The zero-order valence-corrected chi connectivity index (χ0v) is 11.1. The van der Waals surface area contributed by atoms with Gasteiger partial charge < -0.3 is 10.2 Å². The first kappa shape index (κ1) is 12.4. The molecule has 1 N–H and O–H groups in total. The Labute approximate surface area is 105 Å². The van der Waals surface area contributed by atoms with Crippen molar-refractivity contribution >= 4 is 5.69 Å². The van der Waals surface area contributed by atoms with Gasteiger partial charge in [0.1, 0.15) is 0 Å². The second-order valence-electron chi connectivity index (χ2n) is 5.17. The molecule has 1 fully saturated rings. The van der Waals surface area contributed by atoms with Gasteiger partial charge in [0, 0.05) is 25.3 Å². The summed E-state index contributed by atoms with van der Waals surface area (Å²) in [5.74, 6) is 0. The zero-order chi connectivity index (χ0) is 12.1. The molecule has 1 heterocycles. The fourth-order valence-corrected chi connectivity index (χ4v) is 2.68. The summed E-state index contributed by atoms with van der Waals surface area (Å²) in [6.45, 7) is 4.49. The molecule has 1 saturated heterocycles. The summed E-state index contributed by atoms with van der Waals surface area (Å²) in [6, 6.07) is 9.29. The average molecular weight is 232 g/mol. The quantitative estimate of drug-likeness (QED) is 0.862. The van der Waals surface area contributed by atoms with Gasteiger partial charge in [0.25, 0.3) is 0 Å². The standard InChI is InChI=1S/C15H24N2/c1-13-8-5-6-10-15(13)17(2)12-14-9-4-3-7-11-16-14/h5-6,8,10,14,16H,3-4,7,9,11-12H2,1-2H3. The Hall–Kier alpha value is -1.02. The van der Waals surface area contributed by atoms with Crippen molar-refractivity contribution in [2.24, 2.45) is 0 Å². The molecule has 0 spiro atoms. The topological polar surface area (TPSA) is 15.3 Å². The van der Waals surface area contributed by atoms with Crippen LogP contribution in [0.5, 0.6) is 0 Å². The Morgan fingerprint density at radius 1 is 1.24 bits per heavy atom. The molecule has 2 rings (SSSR count). The van der Waals surface area contributed by atoms with Gasteiger partial charge in [-0.05, 0) is 37.9 Å². The van der Waals surface area contributed by atoms with Crippen LogP contribution in [-0.4, -0.2) is 26.2 Å². The third-order valence-electron chi connectivity index (χ3n) is 3.68. The summed E-state index contributed by atoms with van der Waals surface area (Å²) in [4.78, 5) is 2.39. The first-order valence-corrected chi connectivity index (χ1v) is 6.77. The Morgan fingerprint density at radius 3 is 2.88 bits per heavy atom. The zero-order valence-electron chi connectivity index (χ0n) is 11.1. The van der Waals surface area contributed by atoms with E-state index in [-0.39, 0.29) is 0 Å². The molecule has 0 aromatic heterocycles. The summed E-state index contributed by atoms with van der Waals surface area (Å²) in [5.41, 5.74) is 2.72. The summed E-state index contributed by atoms with van der Waals surface area (Å²) in [6.07, 6.45) is 5.41. The largest absolute Gasteiger partial charge is 0.373 e. The maximum absolute atomic E-state index is 3.66. The fourth-order valence-electron chi connectivity index (χ4n) is 2.68. The molecule has 0 bridgehead atoms. The van der Waals surface area contributed by atoms with Crippen LogP contribution in [0, 0.1) is 6.92 Å². The van der Waals surface area contributed by atoms with Crippen LogP contribution in [0.2, 0.25) is 0 Å². The second kappa shape index (κ2) is 6.06. The van der Waals surface area contributed by atoms with Crippen LogP contribution >= 0.6 is 0 Å². The van der Waals surface area contributed by atoms with E-state index in [0.717, 1.165) is 6.54 Å². The molecule has 0 amide bonds. The third kappa shape index (κ3) is 3.47. The van der Waals surface area contributed by atoms with Crippen LogP contribution in [-0.2, 0) is 0 Å². The second-order valence-corrected chi connectivity index (χ2v) is 5.17. The van der Waals surface area contributed by atoms with Gasteiger partial charge in [0.15, 0.2) is 0 Å². The lowest BCUT2D eigenvalue weighted by atomic mass is 10.1. The van der Waals surface area contributed by atoms with E-state index in [4.69, 9.17) is 0 Å². The van der Waals surface area contributed by atoms with Crippen LogP contribution in [0.25, 0.3) is 0 Å². The van der Waals surface area contributed by atoms with Crippen molar-refractivity contribution < 1.29 is 0 Å². The Kier molecular flexibility index (Phi) is 4.43. The van der Waals surface area contributed by atoms with Crippen LogP contribution in [0.15, 0.2) is 24.3 Å². The van der Waals surface area contributed by atoms with Crippen molar-refractivity contribution in [1.29, 1.82) is 0 Å². The lowest BCUT2D eigenvalue weighted by Crippen LogP contribution is -2.39. The van der Waals surface area contributed by atoms with E-state index in [1.807, 2.05) is 0 Å². The molecular formula is C15H24N2. The highest BCUT2D eigenvalue weighted by atomic mass is 15.1. The Morgan fingerprint density at radius 2 is 2.06 bits per heavy atom. The van der Waals surface area contributed by atoms with E-state index in [2.05, 4.69) is 48.5 Å². The van der Waals surface area contributed by atoms with Crippen molar-refractivity contribution in [3.8, 4) is 0 Å². The molecule has 0 saturated carbocycles. The highest BCUT2D eigenvalue weighted by molar-refractivity contribution is 5.52. The highest BCUT2D eigenvalue weighted by Gasteiger charge is 2.14. The number of anilines is 1. The molecule has 1 aromatic rings. The summed E-state index contributed by atoms with van der Waals surface area (Å²) in [5, 5.41) is 3.66. The first-order valence-electron chi connectivity index (χ1n) is 6.77. The highest BCUT2D eigenvalue weighted by Crippen LogP contribution is 2.19. The molecule has 0 aliphatic carbocycles. The van der Waals surface area contributed by atoms with E-state index in [9.17, 15) is 0 Å². The number of aryl methyl sites for hydroxylation is 1. The minimum Gasteiger partial charge on any atom is -0.373 e. The number of nitrogens with one attached hydrogen (secondary N) is 1. The van der Waals surface area contributed by atoms with Gasteiger partial charge in [-0.2, -0.15) is 0 Å². The van der Waals surface area contributed by atoms with Gasteiger partial charge in [-0.15, -0.1) is 0 Å². The van der Waals surface area contributed by atoms with Crippen molar-refractivity contribution in [2.75, 3.05) is 25.0 Å². The molecule has 1 aromatic carbocycles. The predicted molar refractivity (Wildman–Crippen MR) is 74.7 cm³/mol. The van der Waals surface area contributed by atoms with Crippen molar-refractivity contribution in [2.45, 2.75) is 38.6 Å². The summed E-state index contributed by atoms with van der Waals surface area (Å²) >= 11 is 0. The lowest BCUT2D eigenvalue weighted by Gasteiger charge is -2.26. The first-order chi connectivity index (χ1) is 8.27. The van der Waals surface area contributed by atoms with E-state index < -0.39 is 0 Å². The molecular weight excluding hydrogens is 208 g/mol. The van der Waals surface area contributed by atoms with Crippen LogP contribution in [0.1, 0.15) is 31.2 Å². The summed E-state index contributed by atoms with van der Waals surface area (Å²) < 4.78 is 0. The molecule has 1 aliphatic heterocycles. The molecule has 17 heavy (non-hydrogen) atoms. The monoisotopic (exact) mass is 232 g/mol. The average Bonchev–Trinajstić information content (AvgIpc) is 2.58. The minimum absolute atomic E-state index is 0.655. The number of likely N-dealkylation sites (N-methyl/N-ethyl adjacent to an activating group) is 1. The molecule has 94 valence electrons. The molecule has 1 aliphatic rings. The number of rotatable bonds is 3. The Balaban J connectivity index is 1.96. The molecule has 1 unspecified atom stereocenters. The van der Waals surface area contributed by atoms with Crippen molar-refractivity contribution in [3.05, 3.63) is 29.8 Å². The van der Waals surface area contributed by atoms with E-state index in [1.54, 1.807) is 0 Å². The number of hydrogen-bond acceptors (Lipinski definition) is 2. The number of hydrogen-bond donors (Lipinski definition) is 1. The number of para-hydroxylation sites is 1. The number of nitrogens with zero attached hydrogens (tertiary/aromatic N) is 1. The van der Waals surface area contributed by atoms with E-state index >= 15 is 0 Å². The van der Waals surface area contributed by atoms with Gasteiger partial charge in [-0.25, -0.2) is 0 Å².